The van der Waals surface area contributed by atoms with Gasteiger partial charge in [-0.3, -0.25) is 9.69 Å². The summed E-state index contributed by atoms with van der Waals surface area (Å²) in [5.74, 6) is 0.888. The average molecular weight is 426 g/mol. The van der Waals surface area contributed by atoms with Gasteiger partial charge in [-0.15, -0.1) is 0 Å². The number of fused-ring (bicyclic) bond motifs is 2. The lowest BCUT2D eigenvalue weighted by molar-refractivity contribution is -0.145. The highest BCUT2D eigenvalue weighted by molar-refractivity contribution is 6.30. The number of esters is 1. The zero-order chi connectivity index (χ0) is 20.9. The molecule has 4 heteroatoms. The van der Waals surface area contributed by atoms with Crippen molar-refractivity contribution in [2.45, 2.75) is 52.1 Å². The van der Waals surface area contributed by atoms with Crippen molar-refractivity contribution in [1.29, 1.82) is 0 Å². The van der Waals surface area contributed by atoms with Gasteiger partial charge < -0.3 is 4.74 Å². The van der Waals surface area contributed by atoms with E-state index < -0.39 is 0 Å². The summed E-state index contributed by atoms with van der Waals surface area (Å²) in [5, 5.41) is 0.774. The molecule has 0 unspecified atom stereocenters. The van der Waals surface area contributed by atoms with Crippen LogP contribution in [0.25, 0.3) is 5.57 Å². The molecule has 5 atom stereocenters. The first kappa shape index (κ1) is 20.3. The number of hydrogen-bond acceptors (Lipinski definition) is 3. The Morgan fingerprint density at radius 3 is 2.80 bits per heavy atom. The fourth-order valence-corrected chi connectivity index (χ4v) is 6.47. The number of carbonyl (C=O) groups excluding carboxylic acids is 1. The summed E-state index contributed by atoms with van der Waals surface area (Å²) < 4.78 is 5.93. The van der Waals surface area contributed by atoms with Crippen molar-refractivity contribution in [3.63, 3.8) is 0 Å². The third-order valence-electron chi connectivity index (χ3n) is 8.04. The Hall–Kier alpha value is -1.58. The summed E-state index contributed by atoms with van der Waals surface area (Å²) in [6.07, 6.45) is 10.7. The summed E-state index contributed by atoms with van der Waals surface area (Å²) in [4.78, 5) is 15.2. The monoisotopic (exact) mass is 425 g/mol. The Morgan fingerprint density at radius 2 is 2.07 bits per heavy atom. The largest absolute Gasteiger partial charge is 0.461 e. The molecule has 1 saturated carbocycles. The highest BCUT2D eigenvalue weighted by atomic mass is 35.5. The summed E-state index contributed by atoms with van der Waals surface area (Å²) in [6, 6.07) is 8.10. The molecule has 0 amide bonds. The minimum atomic E-state index is -0.0216. The Balaban J connectivity index is 1.30. The number of rotatable bonds is 3. The topological polar surface area (TPSA) is 29.5 Å². The third kappa shape index (κ3) is 3.65. The second-order valence-electron chi connectivity index (χ2n) is 10.1. The van der Waals surface area contributed by atoms with Gasteiger partial charge in [-0.25, -0.2) is 0 Å². The van der Waals surface area contributed by atoms with Crippen LogP contribution in [0.15, 0.2) is 42.0 Å². The lowest BCUT2D eigenvalue weighted by Gasteiger charge is -2.46. The fraction of sp³-hybridized carbons (Fsp3) is 0.577. The van der Waals surface area contributed by atoms with Gasteiger partial charge in [-0.1, -0.05) is 61.7 Å². The van der Waals surface area contributed by atoms with Crippen molar-refractivity contribution < 1.29 is 9.53 Å². The molecule has 2 heterocycles. The molecule has 2 fully saturated rings. The number of carbonyl (C=O) groups is 1. The molecule has 1 aromatic rings. The van der Waals surface area contributed by atoms with Crippen LogP contribution < -0.4 is 0 Å². The van der Waals surface area contributed by atoms with E-state index in [9.17, 15) is 4.79 Å². The van der Waals surface area contributed by atoms with E-state index in [4.69, 9.17) is 16.3 Å². The highest BCUT2D eigenvalue weighted by Crippen LogP contribution is 2.54. The first-order valence-corrected chi connectivity index (χ1v) is 11.9. The van der Waals surface area contributed by atoms with Gasteiger partial charge in [-0.05, 0) is 60.3 Å². The van der Waals surface area contributed by atoms with E-state index in [1.165, 1.54) is 30.4 Å². The van der Waals surface area contributed by atoms with Crippen molar-refractivity contribution >= 4 is 23.1 Å². The molecular weight excluding hydrogens is 394 g/mol. The van der Waals surface area contributed by atoms with E-state index in [-0.39, 0.29) is 29.3 Å². The summed E-state index contributed by atoms with van der Waals surface area (Å²) >= 11 is 6.02. The molecule has 160 valence electrons. The number of hydrogen-bond donors (Lipinski definition) is 0. The molecule has 2 aliphatic heterocycles. The first-order valence-electron chi connectivity index (χ1n) is 11.5. The molecule has 2 aliphatic carbocycles. The van der Waals surface area contributed by atoms with Crippen LogP contribution in [0.3, 0.4) is 0 Å². The molecule has 0 radical (unpaired) electrons. The molecule has 0 aromatic heterocycles. The Bertz CT molecular complexity index is 889. The van der Waals surface area contributed by atoms with E-state index in [1.807, 2.05) is 12.1 Å². The Morgan fingerprint density at radius 1 is 1.27 bits per heavy atom. The number of benzene rings is 1. The standard InChI is InChI=1S/C26H32ClNO2/c1-17-4-3-11-26(2)15-24-21(14-23(17)26)22(25(29)30-24)16-28-12-9-19(10-13-28)18-5-7-20(27)8-6-18/h5-9,14,17,21-22,24H,3-4,10-13,15-16H2,1-2H3/t17-,21+,22-,24+,26+/m0/s1. The normalized spacial score (nSPS) is 36.4. The zero-order valence-electron chi connectivity index (χ0n) is 18.1. The van der Waals surface area contributed by atoms with Gasteiger partial charge in [0.1, 0.15) is 6.10 Å². The first-order chi connectivity index (χ1) is 14.4. The van der Waals surface area contributed by atoms with E-state index >= 15 is 0 Å². The molecule has 30 heavy (non-hydrogen) atoms. The van der Waals surface area contributed by atoms with Crippen LogP contribution in [0.2, 0.25) is 5.02 Å². The summed E-state index contributed by atoms with van der Waals surface area (Å²) in [7, 11) is 0. The van der Waals surface area contributed by atoms with Gasteiger partial charge in [0, 0.05) is 30.6 Å². The molecule has 1 aromatic carbocycles. The number of ether oxygens (including phenoxy) is 1. The number of halogens is 1. The summed E-state index contributed by atoms with van der Waals surface area (Å²) in [6.45, 7) is 7.44. The van der Waals surface area contributed by atoms with Crippen LogP contribution in [0, 0.1) is 23.2 Å². The minimum Gasteiger partial charge on any atom is -0.461 e. The van der Waals surface area contributed by atoms with Crippen LogP contribution in [0.5, 0.6) is 0 Å². The number of allylic oxidation sites excluding steroid dienone is 1. The van der Waals surface area contributed by atoms with E-state index in [0.29, 0.717) is 5.92 Å². The quantitative estimate of drug-likeness (QED) is 0.456. The van der Waals surface area contributed by atoms with Crippen molar-refractivity contribution in [3.05, 3.63) is 52.6 Å². The van der Waals surface area contributed by atoms with Gasteiger partial charge in [0.05, 0.1) is 5.92 Å². The van der Waals surface area contributed by atoms with Crippen LogP contribution in [0.4, 0.5) is 0 Å². The highest BCUT2D eigenvalue weighted by Gasteiger charge is 2.51. The molecule has 1 saturated heterocycles. The maximum Gasteiger partial charge on any atom is 0.311 e. The fourth-order valence-electron chi connectivity index (χ4n) is 6.34. The van der Waals surface area contributed by atoms with Crippen molar-refractivity contribution in [1.82, 2.24) is 4.90 Å². The van der Waals surface area contributed by atoms with Crippen LogP contribution in [-0.4, -0.2) is 36.6 Å². The predicted molar refractivity (Wildman–Crippen MR) is 121 cm³/mol. The van der Waals surface area contributed by atoms with Gasteiger partial charge >= 0.3 is 5.97 Å². The third-order valence-corrected chi connectivity index (χ3v) is 8.30. The number of nitrogens with zero attached hydrogens (tertiary/aromatic N) is 1. The van der Waals surface area contributed by atoms with Gasteiger partial charge in [0.25, 0.3) is 0 Å². The smallest absolute Gasteiger partial charge is 0.311 e. The average Bonchev–Trinajstić information content (AvgIpc) is 3.01. The lowest BCUT2D eigenvalue weighted by Crippen LogP contribution is -2.41. The van der Waals surface area contributed by atoms with E-state index in [0.717, 1.165) is 37.5 Å². The van der Waals surface area contributed by atoms with E-state index in [1.54, 1.807) is 5.57 Å². The minimum absolute atomic E-state index is 0.0178. The molecule has 0 bridgehead atoms. The Kier molecular flexibility index (Phi) is 5.31. The van der Waals surface area contributed by atoms with Crippen molar-refractivity contribution in [3.8, 4) is 0 Å². The maximum absolute atomic E-state index is 12.8. The van der Waals surface area contributed by atoms with Gasteiger partial charge in [0.15, 0.2) is 0 Å². The SMILES string of the molecule is C[C@H]1CCC[C@]2(C)C[C@H]3OC(=O)[C@@H](CN4CC=C(c5ccc(Cl)cc5)CC4)[C@H]3C=C12. The second-order valence-corrected chi connectivity index (χ2v) is 10.5. The lowest BCUT2D eigenvalue weighted by atomic mass is 9.59. The van der Waals surface area contributed by atoms with E-state index in [2.05, 4.69) is 43.0 Å². The summed E-state index contributed by atoms with van der Waals surface area (Å²) in [5.41, 5.74) is 4.46. The van der Waals surface area contributed by atoms with Crippen LogP contribution in [0.1, 0.15) is 51.5 Å². The molecule has 4 aliphatic rings. The van der Waals surface area contributed by atoms with Crippen LogP contribution in [-0.2, 0) is 9.53 Å². The molecule has 0 spiro atoms. The molecular formula is C26H32ClNO2. The molecule has 5 rings (SSSR count). The van der Waals surface area contributed by atoms with Gasteiger partial charge in [-0.2, -0.15) is 0 Å². The van der Waals surface area contributed by atoms with Gasteiger partial charge in [0.2, 0.25) is 0 Å². The second kappa shape index (κ2) is 7.84. The molecule has 0 N–H and O–H groups in total. The maximum atomic E-state index is 12.8. The van der Waals surface area contributed by atoms with Crippen LogP contribution >= 0.6 is 11.6 Å². The predicted octanol–water partition coefficient (Wildman–Crippen LogP) is 5.74. The van der Waals surface area contributed by atoms with Crippen molar-refractivity contribution in [2.75, 3.05) is 19.6 Å². The Labute approximate surface area is 185 Å². The molecule has 3 nitrogen and oxygen atoms in total. The zero-order valence-corrected chi connectivity index (χ0v) is 18.8. The van der Waals surface area contributed by atoms with Crippen molar-refractivity contribution in [2.24, 2.45) is 23.2 Å².